The molecule has 3 aromatic rings. The Labute approximate surface area is 158 Å². The summed E-state index contributed by atoms with van der Waals surface area (Å²) in [6.07, 6.45) is 0. The molecule has 4 nitrogen and oxygen atoms in total. The van der Waals surface area contributed by atoms with Crippen LogP contribution in [0.15, 0.2) is 70.0 Å². The zero-order valence-corrected chi connectivity index (χ0v) is 17.2. The molecule has 0 spiro atoms. The number of hydrogen-bond acceptors (Lipinski definition) is 4. The molecule has 0 saturated heterocycles. The Hall–Kier alpha value is -1.64. The highest BCUT2D eigenvalue weighted by Crippen LogP contribution is 2.08. The third-order valence-corrected chi connectivity index (χ3v) is 6.45. The number of hydrogen-bond donors (Lipinski definition) is 0. The summed E-state index contributed by atoms with van der Waals surface area (Å²) < 4.78 is 39.3. The third-order valence-electron chi connectivity index (χ3n) is 3.20. The molecule has 0 aliphatic heterocycles. The van der Waals surface area contributed by atoms with Crippen LogP contribution >= 0.6 is 0 Å². The highest BCUT2D eigenvalue weighted by atomic mass is 127. The molecule has 25 heavy (non-hydrogen) atoms. The van der Waals surface area contributed by atoms with E-state index in [0.29, 0.717) is 0 Å². The Bertz CT molecular complexity index is 928. The summed E-state index contributed by atoms with van der Waals surface area (Å²) in [6, 6.07) is 18.6. The largest absolute Gasteiger partial charge is 0.744 e. The van der Waals surface area contributed by atoms with E-state index in [1.54, 1.807) is 12.1 Å². The normalized spacial score (nSPS) is 10.9. The topological polar surface area (TPSA) is 70.3 Å². The molecule has 0 radical (unpaired) electrons. The van der Waals surface area contributed by atoms with Gasteiger partial charge in [-0.3, -0.25) is 0 Å². The molecule has 2 aromatic carbocycles. The van der Waals surface area contributed by atoms with Crippen LogP contribution in [0, 0.1) is 28.1 Å². The summed E-state index contributed by atoms with van der Waals surface area (Å²) in [7, 11) is -4.27. The van der Waals surface area contributed by atoms with E-state index < -0.39 is 10.1 Å². The Morgan fingerprint density at radius 3 is 2.08 bits per heavy atom. The lowest BCUT2D eigenvalue weighted by Crippen LogP contribution is -3.61. The van der Waals surface area contributed by atoms with Gasteiger partial charge >= 0.3 is 25.0 Å². The predicted octanol–water partition coefficient (Wildman–Crippen LogP) is 0.924. The maximum Gasteiger partial charge on any atom is 0.400 e. The molecule has 0 N–H and O–H groups in total. The molecule has 0 saturated carbocycles. The second kappa shape index (κ2) is 8.64. The molecular formula is C19H19IO4S. The van der Waals surface area contributed by atoms with E-state index in [1.807, 2.05) is 19.9 Å². The van der Waals surface area contributed by atoms with E-state index in [-0.39, 0.29) is 26.1 Å². The smallest absolute Gasteiger partial charge is 0.400 e. The van der Waals surface area contributed by atoms with Crippen LogP contribution in [0.3, 0.4) is 0 Å². The third kappa shape index (κ3) is 6.64. The van der Waals surface area contributed by atoms with Crippen LogP contribution in [0.2, 0.25) is 0 Å². The maximum atomic E-state index is 10.4. The molecule has 132 valence electrons. The molecule has 1 heterocycles. The molecule has 0 atom stereocenters. The van der Waals surface area contributed by atoms with Crippen molar-refractivity contribution < 1.29 is 38.6 Å². The molecule has 0 bridgehead atoms. The maximum absolute atomic E-state index is 10.4. The van der Waals surface area contributed by atoms with Crippen molar-refractivity contribution in [2.24, 2.45) is 0 Å². The summed E-state index contributed by atoms with van der Waals surface area (Å²) in [4.78, 5) is -0.178. The number of furan rings is 1. The van der Waals surface area contributed by atoms with Gasteiger partial charge in [-0.05, 0) is 56.7 Å². The first-order valence-electron chi connectivity index (χ1n) is 7.54. The number of benzene rings is 2. The number of halogens is 1. The lowest BCUT2D eigenvalue weighted by molar-refractivity contribution is -0.617. The standard InChI is InChI=1S/C12H12IO.C7H8O3S/c1-9-4-3-5-11(8-9)13-12-7-6-10(2)14-12;1-6-2-4-7(5-3-6)11(8,9)10/h3-8H,1-2H3;2-5H,1H3,(H,8,9,10)/q+1;/p-1. The molecule has 3 rings (SSSR count). The second-order valence-corrected chi connectivity index (χ2v) is 9.74. The molecule has 0 amide bonds. The van der Waals surface area contributed by atoms with Crippen LogP contribution in [0.1, 0.15) is 16.9 Å². The first kappa shape index (κ1) is 19.7. The first-order chi connectivity index (χ1) is 11.7. The molecule has 6 heteroatoms. The number of rotatable bonds is 3. The van der Waals surface area contributed by atoms with E-state index in [2.05, 4.69) is 37.3 Å². The van der Waals surface area contributed by atoms with Crippen molar-refractivity contribution in [2.45, 2.75) is 25.7 Å². The first-order valence-corrected chi connectivity index (χ1v) is 11.1. The van der Waals surface area contributed by atoms with Crippen molar-refractivity contribution in [3.8, 4) is 0 Å². The average Bonchev–Trinajstić information content (AvgIpc) is 2.92. The SMILES string of the molecule is Cc1ccc(S(=O)(=O)[O-])cc1.Cc1cccc([I+]c2ccc(C)o2)c1. The summed E-state index contributed by atoms with van der Waals surface area (Å²) in [5, 5.41) is 0. The zero-order chi connectivity index (χ0) is 18.4. The molecule has 0 aliphatic carbocycles. The van der Waals surface area contributed by atoms with Gasteiger partial charge in [-0.25, -0.2) is 8.42 Å². The van der Waals surface area contributed by atoms with Gasteiger partial charge in [-0.15, -0.1) is 0 Å². The highest BCUT2D eigenvalue weighted by molar-refractivity contribution is 7.85. The van der Waals surface area contributed by atoms with Crippen molar-refractivity contribution in [3.05, 3.63) is 84.9 Å². The van der Waals surface area contributed by atoms with Crippen molar-refractivity contribution in [3.63, 3.8) is 0 Å². The van der Waals surface area contributed by atoms with E-state index >= 15 is 0 Å². The van der Waals surface area contributed by atoms with Crippen LogP contribution in [0.5, 0.6) is 0 Å². The molecule has 1 aromatic heterocycles. The fourth-order valence-electron chi connectivity index (χ4n) is 1.93. The lowest BCUT2D eigenvalue weighted by atomic mass is 10.2. The van der Waals surface area contributed by atoms with Crippen molar-refractivity contribution >= 4 is 10.1 Å². The van der Waals surface area contributed by atoms with E-state index in [0.717, 1.165) is 15.1 Å². The van der Waals surface area contributed by atoms with Gasteiger partial charge in [-0.1, -0.05) is 29.8 Å². The minimum atomic E-state index is -4.27. The van der Waals surface area contributed by atoms with Gasteiger partial charge in [0.15, 0.2) is 3.57 Å². The van der Waals surface area contributed by atoms with Crippen molar-refractivity contribution in [1.82, 2.24) is 0 Å². The van der Waals surface area contributed by atoms with Crippen LogP contribution in [-0.2, 0) is 10.1 Å². The molecular weight excluding hydrogens is 451 g/mol. The second-order valence-electron chi connectivity index (χ2n) is 5.51. The Morgan fingerprint density at radius 2 is 1.56 bits per heavy atom. The van der Waals surface area contributed by atoms with Gasteiger partial charge < -0.3 is 8.97 Å². The highest BCUT2D eigenvalue weighted by Gasteiger charge is 2.19. The van der Waals surface area contributed by atoms with Gasteiger partial charge in [-0.2, -0.15) is 0 Å². The monoisotopic (exact) mass is 470 g/mol. The lowest BCUT2D eigenvalue weighted by Gasteiger charge is -2.05. The Kier molecular flexibility index (Phi) is 6.80. The zero-order valence-electron chi connectivity index (χ0n) is 14.2. The van der Waals surface area contributed by atoms with Gasteiger partial charge in [0.25, 0.3) is 0 Å². The van der Waals surface area contributed by atoms with Crippen LogP contribution in [0.4, 0.5) is 0 Å². The fourth-order valence-corrected chi connectivity index (χ4v) is 4.87. The fraction of sp³-hybridized carbons (Fsp3) is 0.158. The summed E-state index contributed by atoms with van der Waals surface area (Å²) in [6.45, 7) is 5.94. The molecule has 0 unspecified atom stereocenters. The summed E-state index contributed by atoms with van der Waals surface area (Å²) in [5.74, 6) is 1.01. The quantitative estimate of drug-likeness (QED) is 0.422. The van der Waals surface area contributed by atoms with E-state index in [9.17, 15) is 13.0 Å². The van der Waals surface area contributed by atoms with Crippen LogP contribution < -0.4 is 21.2 Å². The Morgan fingerprint density at radius 1 is 0.880 bits per heavy atom. The molecule has 0 fully saturated rings. The van der Waals surface area contributed by atoms with Crippen molar-refractivity contribution in [2.75, 3.05) is 0 Å². The minimum absolute atomic E-state index is 0.134. The summed E-state index contributed by atoms with van der Waals surface area (Å²) in [5.41, 5.74) is 2.25. The summed E-state index contributed by atoms with van der Waals surface area (Å²) >= 11 is -0.134. The minimum Gasteiger partial charge on any atom is -0.744 e. The van der Waals surface area contributed by atoms with Gasteiger partial charge in [0.1, 0.15) is 15.9 Å². The molecule has 0 aliphatic rings. The van der Waals surface area contributed by atoms with E-state index in [1.165, 1.54) is 21.3 Å². The van der Waals surface area contributed by atoms with Crippen LogP contribution in [-0.4, -0.2) is 13.0 Å². The predicted molar refractivity (Wildman–Crippen MR) is 91.2 cm³/mol. The van der Waals surface area contributed by atoms with Gasteiger partial charge in [0, 0.05) is 6.07 Å². The number of aryl methyl sites for hydroxylation is 3. The Balaban J connectivity index is 0.000000186. The van der Waals surface area contributed by atoms with Crippen molar-refractivity contribution in [1.29, 1.82) is 0 Å². The average molecular weight is 470 g/mol. The van der Waals surface area contributed by atoms with Gasteiger partial charge in [0.05, 0.1) is 4.90 Å². The van der Waals surface area contributed by atoms with Crippen LogP contribution in [0.25, 0.3) is 0 Å². The van der Waals surface area contributed by atoms with Gasteiger partial charge in [0.2, 0.25) is 0 Å². The van der Waals surface area contributed by atoms with E-state index in [4.69, 9.17) is 4.42 Å².